The SMILES string of the molecule is COc1ccc(C(F)(F)F)cc1C(=O)N=C(N)N. The van der Waals surface area contributed by atoms with Crippen molar-refractivity contribution < 1.29 is 22.7 Å². The van der Waals surface area contributed by atoms with Gasteiger partial charge in [-0.3, -0.25) is 4.79 Å². The number of hydrogen-bond acceptors (Lipinski definition) is 2. The van der Waals surface area contributed by atoms with Crippen LogP contribution >= 0.6 is 0 Å². The monoisotopic (exact) mass is 261 g/mol. The lowest BCUT2D eigenvalue weighted by Crippen LogP contribution is -2.24. The predicted molar refractivity (Wildman–Crippen MR) is 58.1 cm³/mol. The van der Waals surface area contributed by atoms with Crippen LogP contribution < -0.4 is 16.2 Å². The number of benzene rings is 1. The van der Waals surface area contributed by atoms with E-state index in [4.69, 9.17) is 16.2 Å². The lowest BCUT2D eigenvalue weighted by atomic mass is 10.1. The molecular formula is C10H10F3N3O2. The first kappa shape index (κ1) is 13.8. The molecule has 0 bridgehead atoms. The Morgan fingerprint density at radius 2 is 1.94 bits per heavy atom. The largest absolute Gasteiger partial charge is 0.496 e. The Kier molecular flexibility index (Phi) is 3.79. The highest BCUT2D eigenvalue weighted by Gasteiger charge is 2.32. The number of rotatable bonds is 2. The third-order valence-corrected chi connectivity index (χ3v) is 1.99. The van der Waals surface area contributed by atoms with Crippen molar-refractivity contribution in [3.63, 3.8) is 0 Å². The number of amides is 1. The van der Waals surface area contributed by atoms with Gasteiger partial charge in [-0.1, -0.05) is 0 Å². The third-order valence-electron chi connectivity index (χ3n) is 1.99. The summed E-state index contributed by atoms with van der Waals surface area (Å²) >= 11 is 0. The fourth-order valence-corrected chi connectivity index (χ4v) is 1.23. The maximum atomic E-state index is 12.5. The van der Waals surface area contributed by atoms with E-state index in [9.17, 15) is 18.0 Å². The molecule has 0 atom stereocenters. The molecule has 1 amide bonds. The smallest absolute Gasteiger partial charge is 0.416 e. The second kappa shape index (κ2) is 4.94. The van der Waals surface area contributed by atoms with Crippen LogP contribution in [0.4, 0.5) is 13.2 Å². The average Bonchev–Trinajstić information content (AvgIpc) is 2.26. The van der Waals surface area contributed by atoms with Gasteiger partial charge in [0.05, 0.1) is 18.2 Å². The van der Waals surface area contributed by atoms with Crippen LogP contribution in [0.15, 0.2) is 23.2 Å². The zero-order chi connectivity index (χ0) is 13.9. The van der Waals surface area contributed by atoms with Crippen LogP contribution in [0.3, 0.4) is 0 Å². The lowest BCUT2D eigenvalue weighted by Gasteiger charge is -2.10. The molecule has 0 aliphatic rings. The van der Waals surface area contributed by atoms with Gasteiger partial charge in [-0.25, -0.2) is 0 Å². The molecule has 0 saturated carbocycles. The molecule has 0 aliphatic carbocycles. The minimum Gasteiger partial charge on any atom is -0.496 e. The Hall–Kier alpha value is -2.25. The number of carbonyl (C=O) groups is 1. The molecule has 0 radical (unpaired) electrons. The van der Waals surface area contributed by atoms with Crippen LogP contribution in [0.1, 0.15) is 15.9 Å². The summed E-state index contributed by atoms with van der Waals surface area (Å²) < 4.78 is 42.3. The number of carbonyl (C=O) groups excluding carboxylic acids is 1. The summed E-state index contributed by atoms with van der Waals surface area (Å²) in [5.74, 6) is -1.59. The van der Waals surface area contributed by atoms with Gasteiger partial charge in [-0.15, -0.1) is 0 Å². The number of guanidine groups is 1. The molecule has 4 N–H and O–H groups in total. The second-order valence-electron chi connectivity index (χ2n) is 3.25. The number of ether oxygens (including phenoxy) is 1. The molecule has 1 rings (SSSR count). The molecule has 0 heterocycles. The standard InChI is InChI=1S/C10H10F3N3O2/c1-18-7-3-2-5(10(11,12)13)4-6(7)8(17)16-9(14)15/h2-4H,1H3,(H4,14,15,16,17). The summed E-state index contributed by atoms with van der Waals surface area (Å²) in [6, 6.07) is 2.46. The van der Waals surface area contributed by atoms with Crippen molar-refractivity contribution in [1.29, 1.82) is 0 Å². The number of alkyl halides is 3. The van der Waals surface area contributed by atoms with E-state index in [0.717, 1.165) is 12.1 Å². The van der Waals surface area contributed by atoms with Gasteiger partial charge in [-0.2, -0.15) is 18.2 Å². The summed E-state index contributed by atoms with van der Waals surface area (Å²) in [6.07, 6.45) is -4.57. The molecule has 1 aromatic carbocycles. The fourth-order valence-electron chi connectivity index (χ4n) is 1.23. The van der Waals surface area contributed by atoms with E-state index in [1.165, 1.54) is 7.11 Å². The van der Waals surface area contributed by atoms with Crippen molar-refractivity contribution in [2.75, 3.05) is 7.11 Å². The molecule has 0 aromatic heterocycles. The molecule has 1 aromatic rings. The lowest BCUT2D eigenvalue weighted by molar-refractivity contribution is -0.137. The van der Waals surface area contributed by atoms with Gasteiger partial charge >= 0.3 is 6.18 Å². The van der Waals surface area contributed by atoms with Crippen molar-refractivity contribution in [1.82, 2.24) is 0 Å². The molecule has 0 fully saturated rings. The molecule has 8 heteroatoms. The molecule has 98 valence electrons. The van der Waals surface area contributed by atoms with Crippen LogP contribution in [0.5, 0.6) is 5.75 Å². The van der Waals surface area contributed by atoms with Crippen molar-refractivity contribution in [3.8, 4) is 5.75 Å². The highest BCUT2D eigenvalue weighted by atomic mass is 19.4. The maximum Gasteiger partial charge on any atom is 0.416 e. The highest BCUT2D eigenvalue weighted by Crippen LogP contribution is 2.32. The van der Waals surface area contributed by atoms with Gasteiger partial charge in [0, 0.05) is 0 Å². The minimum atomic E-state index is -4.57. The molecule has 5 nitrogen and oxygen atoms in total. The van der Waals surface area contributed by atoms with E-state index >= 15 is 0 Å². The first-order valence-corrected chi connectivity index (χ1v) is 4.65. The summed E-state index contributed by atoms with van der Waals surface area (Å²) in [4.78, 5) is 14.7. The van der Waals surface area contributed by atoms with Crippen LogP contribution in [-0.4, -0.2) is 19.0 Å². The van der Waals surface area contributed by atoms with Crippen molar-refractivity contribution in [2.45, 2.75) is 6.18 Å². The third kappa shape index (κ3) is 3.12. The number of nitrogens with two attached hydrogens (primary N) is 2. The van der Waals surface area contributed by atoms with E-state index in [1.807, 2.05) is 0 Å². The Labute approximate surface area is 100 Å². The zero-order valence-corrected chi connectivity index (χ0v) is 9.28. The molecule has 18 heavy (non-hydrogen) atoms. The van der Waals surface area contributed by atoms with Gasteiger partial charge in [-0.05, 0) is 18.2 Å². The number of aliphatic imine (C=N–C) groups is 1. The molecule has 0 spiro atoms. The zero-order valence-electron chi connectivity index (χ0n) is 9.28. The fraction of sp³-hybridized carbons (Fsp3) is 0.200. The predicted octanol–water partition coefficient (Wildman–Crippen LogP) is 1.13. The Bertz CT molecular complexity index is 494. The molecule has 0 saturated heterocycles. The second-order valence-corrected chi connectivity index (χ2v) is 3.25. The van der Waals surface area contributed by atoms with Crippen molar-refractivity contribution in [3.05, 3.63) is 29.3 Å². The molecular weight excluding hydrogens is 251 g/mol. The van der Waals surface area contributed by atoms with Crippen LogP contribution in [0.25, 0.3) is 0 Å². The number of hydrogen-bond donors (Lipinski definition) is 2. The molecule has 0 aliphatic heterocycles. The van der Waals surface area contributed by atoms with E-state index < -0.39 is 23.6 Å². The van der Waals surface area contributed by atoms with Crippen molar-refractivity contribution in [2.24, 2.45) is 16.5 Å². The van der Waals surface area contributed by atoms with Gasteiger partial charge in [0.25, 0.3) is 5.91 Å². The Morgan fingerprint density at radius 1 is 1.33 bits per heavy atom. The minimum absolute atomic E-state index is 0.0435. The summed E-state index contributed by atoms with van der Waals surface area (Å²) in [6.45, 7) is 0. The van der Waals surface area contributed by atoms with Crippen LogP contribution in [-0.2, 0) is 6.18 Å². The van der Waals surface area contributed by atoms with Gasteiger partial charge in [0.15, 0.2) is 5.96 Å². The maximum absolute atomic E-state index is 12.5. The number of halogens is 3. The summed E-state index contributed by atoms with van der Waals surface area (Å²) in [5, 5.41) is 0. The topological polar surface area (TPSA) is 90.7 Å². The van der Waals surface area contributed by atoms with E-state index in [0.29, 0.717) is 6.07 Å². The van der Waals surface area contributed by atoms with Crippen LogP contribution in [0.2, 0.25) is 0 Å². The number of nitrogens with zero attached hydrogens (tertiary/aromatic N) is 1. The van der Waals surface area contributed by atoms with E-state index in [-0.39, 0.29) is 11.3 Å². The summed E-state index contributed by atoms with van der Waals surface area (Å²) in [7, 11) is 1.22. The summed E-state index contributed by atoms with van der Waals surface area (Å²) in [5.41, 5.74) is 8.63. The Balaban J connectivity index is 3.31. The van der Waals surface area contributed by atoms with Crippen molar-refractivity contribution >= 4 is 11.9 Å². The van der Waals surface area contributed by atoms with E-state index in [1.54, 1.807) is 0 Å². The van der Waals surface area contributed by atoms with E-state index in [2.05, 4.69) is 4.99 Å². The number of methoxy groups -OCH3 is 1. The van der Waals surface area contributed by atoms with Crippen LogP contribution in [0, 0.1) is 0 Å². The molecule has 0 unspecified atom stereocenters. The van der Waals surface area contributed by atoms with Gasteiger partial charge in [0.1, 0.15) is 5.75 Å². The average molecular weight is 261 g/mol. The normalized spacial score (nSPS) is 10.9. The van der Waals surface area contributed by atoms with Gasteiger partial charge in [0.2, 0.25) is 0 Å². The first-order chi connectivity index (χ1) is 8.25. The van der Waals surface area contributed by atoms with Gasteiger partial charge < -0.3 is 16.2 Å². The first-order valence-electron chi connectivity index (χ1n) is 4.65. The quantitative estimate of drug-likeness (QED) is 0.616. The highest BCUT2D eigenvalue weighted by molar-refractivity contribution is 6.03. The Morgan fingerprint density at radius 3 is 2.39 bits per heavy atom.